The first-order valence-corrected chi connectivity index (χ1v) is 5.08. The molecule has 1 aromatic rings. The van der Waals surface area contributed by atoms with E-state index in [1.807, 2.05) is 6.07 Å². The molecule has 0 saturated heterocycles. The van der Waals surface area contributed by atoms with E-state index in [1.165, 1.54) is 0 Å². The Balaban J connectivity index is 2.69. The van der Waals surface area contributed by atoms with Crippen molar-refractivity contribution in [2.24, 2.45) is 5.73 Å². The Kier molecular flexibility index (Phi) is 4.49. The Hall–Kier alpha value is -1.86. The summed E-state index contributed by atoms with van der Waals surface area (Å²) in [6.07, 6.45) is 0.128. The van der Waals surface area contributed by atoms with Crippen molar-refractivity contribution in [1.82, 2.24) is 0 Å². The van der Waals surface area contributed by atoms with Gasteiger partial charge in [0.1, 0.15) is 0 Å². The van der Waals surface area contributed by atoms with Crippen LogP contribution in [-0.2, 0) is 9.53 Å². The van der Waals surface area contributed by atoms with Gasteiger partial charge in [-0.05, 0) is 24.6 Å². The lowest BCUT2D eigenvalue weighted by Crippen LogP contribution is -2.17. The van der Waals surface area contributed by atoms with E-state index in [2.05, 4.69) is 0 Å². The molecule has 0 aliphatic rings. The molecule has 0 aliphatic heterocycles. The standard InChI is InChI=1S/C12H14N2O2/c1-2-16-12(15)7-11(14)10-5-3-4-9(6-10)8-13/h3-6,11H,2,7,14H2,1H3. The highest BCUT2D eigenvalue weighted by molar-refractivity contribution is 5.70. The number of ether oxygens (including phenoxy) is 1. The van der Waals surface area contributed by atoms with Crippen LogP contribution in [0.4, 0.5) is 0 Å². The third-order valence-electron chi connectivity index (χ3n) is 2.14. The fourth-order valence-corrected chi connectivity index (χ4v) is 1.36. The van der Waals surface area contributed by atoms with Crippen LogP contribution in [0.15, 0.2) is 24.3 Å². The molecule has 0 aliphatic carbocycles. The van der Waals surface area contributed by atoms with Crippen LogP contribution in [0, 0.1) is 11.3 Å². The first kappa shape index (κ1) is 12.2. The van der Waals surface area contributed by atoms with Gasteiger partial charge in [-0.25, -0.2) is 0 Å². The molecular formula is C12H14N2O2. The molecule has 0 saturated carbocycles. The molecule has 1 atom stereocenters. The number of hydrogen-bond acceptors (Lipinski definition) is 4. The van der Waals surface area contributed by atoms with Gasteiger partial charge in [0.2, 0.25) is 0 Å². The van der Waals surface area contributed by atoms with Crippen LogP contribution in [0.5, 0.6) is 0 Å². The van der Waals surface area contributed by atoms with Crippen molar-refractivity contribution in [3.8, 4) is 6.07 Å². The highest BCUT2D eigenvalue weighted by Gasteiger charge is 2.12. The topological polar surface area (TPSA) is 76.1 Å². The van der Waals surface area contributed by atoms with Crippen molar-refractivity contribution < 1.29 is 9.53 Å². The third kappa shape index (κ3) is 3.37. The number of carbonyl (C=O) groups excluding carboxylic acids is 1. The van der Waals surface area contributed by atoms with Gasteiger partial charge in [0.25, 0.3) is 0 Å². The van der Waals surface area contributed by atoms with E-state index in [0.717, 1.165) is 5.56 Å². The van der Waals surface area contributed by atoms with Gasteiger partial charge in [0.05, 0.1) is 24.7 Å². The maximum Gasteiger partial charge on any atom is 0.307 e. The van der Waals surface area contributed by atoms with Crippen molar-refractivity contribution in [2.45, 2.75) is 19.4 Å². The Morgan fingerprint density at radius 3 is 3.00 bits per heavy atom. The largest absolute Gasteiger partial charge is 0.466 e. The van der Waals surface area contributed by atoms with Crippen LogP contribution < -0.4 is 5.73 Å². The smallest absolute Gasteiger partial charge is 0.307 e. The van der Waals surface area contributed by atoms with E-state index in [9.17, 15) is 4.79 Å². The SMILES string of the molecule is CCOC(=O)CC(N)c1cccc(C#N)c1. The van der Waals surface area contributed by atoms with Gasteiger partial charge in [0, 0.05) is 6.04 Å². The summed E-state index contributed by atoms with van der Waals surface area (Å²) in [5.74, 6) is -0.322. The maximum absolute atomic E-state index is 11.2. The van der Waals surface area contributed by atoms with E-state index in [-0.39, 0.29) is 12.4 Å². The minimum absolute atomic E-state index is 0.128. The van der Waals surface area contributed by atoms with Gasteiger partial charge in [0.15, 0.2) is 0 Å². The molecule has 0 spiro atoms. The predicted octanol–water partition coefficient (Wildman–Crippen LogP) is 1.51. The molecule has 0 radical (unpaired) electrons. The number of nitrogens with zero attached hydrogens (tertiary/aromatic N) is 1. The monoisotopic (exact) mass is 218 g/mol. The summed E-state index contributed by atoms with van der Waals surface area (Å²) in [6, 6.07) is 8.53. The van der Waals surface area contributed by atoms with Gasteiger partial charge in [-0.2, -0.15) is 5.26 Å². The van der Waals surface area contributed by atoms with Gasteiger partial charge >= 0.3 is 5.97 Å². The predicted molar refractivity (Wildman–Crippen MR) is 59.3 cm³/mol. The van der Waals surface area contributed by atoms with Crippen LogP contribution in [0.2, 0.25) is 0 Å². The average Bonchev–Trinajstić information content (AvgIpc) is 2.29. The van der Waals surface area contributed by atoms with E-state index in [0.29, 0.717) is 12.2 Å². The second-order valence-electron chi connectivity index (χ2n) is 3.35. The number of benzene rings is 1. The molecule has 16 heavy (non-hydrogen) atoms. The molecule has 2 N–H and O–H groups in total. The normalized spacial score (nSPS) is 11.6. The fraction of sp³-hybridized carbons (Fsp3) is 0.333. The molecule has 0 bridgehead atoms. The van der Waals surface area contributed by atoms with Crippen LogP contribution >= 0.6 is 0 Å². The molecule has 1 aromatic carbocycles. The van der Waals surface area contributed by atoms with Gasteiger partial charge in [-0.3, -0.25) is 4.79 Å². The molecule has 4 nitrogen and oxygen atoms in total. The number of nitriles is 1. The maximum atomic E-state index is 11.2. The second kappa shape index (κ2) is 5.89. The van der Waals surface area contributed by atoms with Crippen molar-refractivity contribution in [3.63, 3.8) is 0 Å². The summed E-state index contributed by atoms with van der Waals surface area (Å²) in [6.45, 7) is 2.10. The fourth-order valence-electron chi connectivity index (χ4n) is 1.36. The Morgan fingerprint density at radius 2 is 2.38 bits per heavy atom. The van der Waals surface area contributed by atoms with Crippen molar-refractivity contribution in [1.29, 1.82) is 5.26 Å². The van der Waals surface area contributed by atoms with Crippen LogP contribution in [0.3, 0.4) is 0 Å². The Morgan fingerprint density at radius 1 is 1.62 bits per heavy atom. The zero-order valence-corrected chi connectivity index (χ0v) is 9.14. The Bertz CT molecular complexity index is 410. The lowest BCUT2D eigenvalue weighted by Gasteiger charge is -2.11. The summed E-state index contributed by atoms with van der Waals surface area (Å²) in [5.41, 5.74) is 7.15. The molecule has 1 unspecified atom stereocenters. The minimum Gasteiger partial charge on any atom is -0.466 e. The third-order valence-corrected chi connectivity index (χ3v) is 2.14. The van der Waals surface area contributed by atoms with Gasteiger partial charge < -0.3 is 10.5 Å². The minimum atomic E-state index is -0.424. The quantitative estimate of drug-likeness (QED) is 0.777. The Labute approximate surface area is 94.6 Å². The summed E-state index contributed by atoms with van der Waals surface area (Å²) in [5, 5.41) is 8.73. The average molecular weight is 218 g/mol. The van der Waals surface area contributed by atoms with Crippen LogP contribution in [0.1, 0.15) is 30.5 Å². The molecule has 0 aromatic heterocycles. The first-order chi connectivity index (χ1) is 7.67. The number of esters is 1. The molecular weight excluding hydrogens is 204 g/mol. The van der Waals surface area contributed by atoms with E-state index < -0.39 is 6.04 Å². The summed E-state index contributed by atoms with van der Waals surface area (Å²) < 4.78 is 4.81. The highest BCUT2D eigenvalue weighted by atomic mass is 16.5. The van der Waals surface area contributed by atoms with Gasteiger partial charge in [-0.15, -0.1) is 0 Å². The summed E-state index contributed by atoms with van der Waals surface area (Å²) in [7, 11) is 0. The molecule has 0 fully saturated rings. The number of carbonyl (C=O) groups is 1. The molecule has 84 valence electrons. The zero-order chi connectivity index (χ0) is 12.0. The summed E-state index contributed by atoms with van der Waals surface area (Å²) in [4.78, 5) is 11.2. The highest BCUT2D eigenvalue weighted by Crippen LogP contribution is 2.15. The molecule has 1 rings (SSSR count). The number of hydrogen-bond donors (Lipinski definition) is 1. The number of rotatable bonds is 4. The molecule has 0 heterocycles. The molecule has 4 heteroatoms. The van der Waals surface area contributed by atoms with Crippen molar-refractivity contribution >= 4 is 5.97 Å². The zero-order valence-electron chi connectivity index (χ0n) is 9.14. The van der Waals surface area contributed by atoms with Crippen LogP contribution in [0.25, 0.3) is 0 Å². The lowest BCUT2D eigenvalue weighted by molar-refractivity contribution is -0.143. The lowest BCUT2D eigenvalue weighted by atomic mass is 10.0. The first-order valence-electron chi connectivity index (χ1n) is 5.08. The van der Waals surface area contributed by atoms with E-state index >= 15 is 0 Å². The second-order valence-corrected chi connectivity index (χ2v) is 3.35. The molecule has 0 amide bonds. The van der Waals surface area contributed by atoms with E-state index in [4.69, 9.17) is 15.7 Å². The van der Waals surface area contributed by atoms with Crippen molar-refractivity contribution in [3.05, 3.63) is 35.4 Å². The number of nitrogens with two attached hydrogens (primary N) is 1. The van der Waals surface area contributed by atoms with Gasteiger partial charge in [-0.1, -0.05) is 12.1 Å². The van der Waals surface area contributed by atoms with Crippen molar-refractivity contribution in [2.75, 3.05) is 6.61 Å². The summed E-state index contributed by atoms with van der Waals surface area (Å²) >= 11 is 0. The van der Waals surface area contributed by atoms with E-state index in [1.54, 1.807) is 31.2 Å². The van der Waals surface area contributed by atoms with Crippen LogP contribution in [-0.4, -0.2) is 12.6 Å².